The van der Waals surface area contributed by atoms with Crippen LogP contribution in [0.3, 0.4) is 0 Å². The van der Waals surface area contributed by atoms with E-state index in [0.29, 0.717) is 6.61 Å². The van der Waals surface area contributed by atoms with Crippen LogP contribution >= 0.6 is 0 Å². The summed E-state index contributed by atoms with van der Waals surface area (Å²) in [5.41, 5.74) is 0.926. The van der Waals surface area contributed by atoms with Crippen LogP contribution in [0.2, 0.25) is 0 Å². The highest BCUT2D eigenvalue weighted by atomic mass is 16.5. The summed E-state index contributed by atoms with van der Waals surface area (Å²) in [4.78, 5) is 0. The fourth-order valence-electron chi connectivity index (χ4n) is 2.25. The molecule has 0 radical (unpaired) electrons. The zero-order valence-electron chi connectivity index (χ0n) is 13.2. The van der Waals surface area contributed by atoms with Crippen LogP contribution in [0.5, 0.6) is 0 Å². The summed E-state index contributed by atoms with van der Waals surface area (Å²) < 4.78 is 12.0. The highest BCUT2D eigenvalue weighted by molar-refractivity contribution is 5.13. The van der Waals surface area contributed by atoms with Gasteiger partial charge in [-0.3, -0.25) is 0 Å². The van der Waals surface area contributed by atoms with Crippen LogP contribution in [-0.4, -0.2) is 17.3 Å². The zero-order valence-corrected chi connectivity index (χ0v) is 13.2. The van der Waals surface area contributed by atoms with E-state index in [4.69, 9.17) is 9.47 Å². The third-order valence-corrected chi connectivity index (χ3v) is 2.81. The SMILES string of the molecule is CC(CC(C)(C)OCc1ccccc1)OC(C)(C)C. The minimum atomic E-state index is -0.180. The van der Waals surface area contributed by atoms with Crippen LogP contribution in [0.25, 0.3) is 0 Å². The Labute approximate surface area is 118 Å². The van der Waals surface area contributed by atoms with Gasteiger partial charge in [0.2, 0.25) is 0 Å². The van der Waals surface area contributed by atoms with E-state index in [1.165, 1.54) is 5.56 Å². The molecule has 1 aromatic carbocycles. The predicted molar refractivity (Wildman–Crippen MR) is 80.2 cm³/mol. The Balaban J connectivity index is 2.43. The molecule has 0 aliphatic heterocycles. The summed E-state index contributed by atoms with van der Waals surface area (Å²) >= 11 is 0. The van der Waals surface area contributed by atoms with Crippen molar-refractivity contribution >= 4 is 0 Å². The number of hydrogen-bond donors (Lipinski definition) is 0. The van der Waals surface area contributed by atoms with E-state index < -0.39 is 0 Å². The number of benzene rings is 1. The van der Waals surface area contributed by atoms with E-state index in [1.54, 1.807) is 0 Å². The molecule has 1 atom stereocenters. The van der Waals surface area contributed by atoms with Crippen LogP contribution in [0.1, 0.15) is 53.5 Å². The molecule has 0 aliphatic rings. The van der Waals surface area contributed by atoms with Gasteiger partial charge in [-0.05, 0) is 47.1 Å². The average molecular weight is 264 g/mol. The highest BCUT2D eigenvalue weighted by Crippen LogP contribution is 2.23. The van der Waals surface area contributed by atoms with Gasteiger partial charge in [0.15, 0.2) is 0 Å². The van der Waals surface area contributed by atoms with Crippen LogP contribution in [-0.2, 0) is 16.1 Å². The van der Waals surface area contributed by atoms with Gasteiger partial charge >= 0.3 is 0 Å². The third-order valence-electron chi connectivity index (χ3n) is 2.81. The molecule has 1 rings (SSSR count). The Morgan fingerprint density at radius 3 is 2.11 bits per heavy atom. The van der Waals surface area contributed by atoms with Gasteiger partial charge < -0.3 is 9.47 Å². The third kappa shape index (κ3) is 7.34. The second kappa shape index (κ2) is 6.53. The predicted octanol–water partition coefficient (Wildman–Crippen LogP) is 4.58. The summed E-state index contributed by atoms with van der Waals surface area (Å²) in [5, 5.41) is 0. The van der Waals surface area contributed by atoms with Crippen molar-refractivity contribution in [3.63, 3.8) is 0 Å². The molecule has 0 spiro atoms. The molecule has 0 saturated heterocycles. The Bertz CT molecular complexity index is 363. The van der Waals surface area contributed by atoms with Gasteiger partial charge in [0.25, 0.3) is 0 Å². The van der Waals surface area contributed by atoms with E-state index in [9.17, 15) is 0 Å². The molecule has 2 heteroatoms. The standard InChI is InChI=1S/C17H28O2/c1-14(19-16(2,3)4)12-17(5,6)18-13-15-10-8-7-9-11-15/h7-11,14H,12-13H2,1-6H3. The summed E-state index contributed by atoms with van der Waals surface area (Å²) in [7, 11) is 0. The van der Waals surface area contributed by atoms with E-state index >= 15 is 0 Å². The fourth-order valence-corrected chi connectivity index (χ4v) is 2.25. The quantitative estimate of drug-likeness (QED) is 0.749. The first-order chi connectivity index (χ1) is 8.68. The maximum atomic E-state index is 6.02. The lowest BCUT2D eigenvalue weighted by atomic mass is 10.0. The molecule has 0 saturated carbocycles. The van der Waals surface area contributed by atoms with Gasteiger partial charge in [-0.1, -0.05) is 30.3 Å². The Morgan fingerprint density at radius 2 is 1.58 bits per heavy atom. The Morgan fingerprint density at radius 1 is 1.00 bits per heavy atom. The molecule has 1 unspecified atom stereocenters. The zero-order chi connectivity index (χ0) is 14.5. The molecule has 1 aromatic rings. The second-order valence-electron chi connectivity index (χ2n) is 6.78. The molecular formula is C17H28O2. The van der Waals surface area contributed by atoms with Crippen molar-refractivity contribution in [1.82, 2.24) is 0 Å². The monoisotopic (exact) mass is 264 g/mol. The summed E-state index contributed by atoms with van der Waals surface area (Å²) in [6.07, 6.45) is 1.07. The van der Waals surface area contributed by atoms with Crippen LogP contribution in [0, 0.1) is 0 Å². The molecule has 19 heavy (non-hydrogen) atoms. The Hall–Kier alpha value is -0.860. The lowest BCUT2D eigenvalue weighted by Gasteiger charge is -2.32. The van der Waals surface area contributed by atoms with Crippen LogP contribution < -0.4 is 0 Å². The molecular weight excluding hydrogens is 236 g/mol. The first-order valence-electron chi connectivity index (χ1n) is 7.04. The first-order valence-corrected chi connectivity index (χ1v) is 7.04. The molecule has 0 aliphatic carbocycles. The normalized spacial score (nSPS) is 14.4. The topological polar surface area (TPSA) is 18.5 Å². The van der Waals surface area contributed by atoms with Gasteiger partial charge in [-0.25, -0.2) is 0 Å². The van der Waals surface area contributed by atoms with E-state index in [2.05, 4.69) is 53.7 Å². The fraction of sp³-hybridized carbons (Fsp3) is 0.647. The Kier molecular flexibility index (Phi) is 5.57. The van der Waals surface area contributed by atoms with Crippen molar-refractivity contribution in [1.29, 1.82) is 0 Å². The summed E-state index contributed by atoms with van der Waals surface area (Å²) in [6.45, 7) is 13.3. The summed E-state index contributed by atoms with van der Waals surface area (Å²) in [6, 6.07) is 10.3. The molecule has 2 nitrogen and oxygen atoms in total. The van der Waals surface area contributed by atoms with E-state index in [1.807, 2.05) is 18.2 Å². The molecule has 0 N–H and O–H groups in total. The van der Waals surface area contributed by atoms with Crippen molar-refractivity contribution < 1.29 is 9.47 Å². The maximum Gasteiger partial charge on any atom is 0.0724 e. The molecule has 0 aromatic heterocycles. The minimum Gasteiger partial charge on any atom is -0.373 e. The second-order valence-corrected chi connectivity index (χ2v) is 6.78. The average Bonchev–Trinajstić information content (AvgIpc) is 2.24. The number of rotatable bonds is 6. The molecule has 0 amide bonds. The van der Waals surface area contributed by atoms with Crippen LogP contribution in [0.15, 0.2) is 30.3 Å². The van der Waals surface area contributed by atoms with Crippen molar-refractivity contribution in [2.24, 2.45) is 0 Å². The molecule has 0 bridgehead atoms. The van der Waals surface area contributed by atoms with Gasteiger partial charge in [-0.15, -0.1) is 0 Å². The lowest BCUT2D eigenvalue weighted by molar-refractivity contribution is -0.105. The maximum absolute atomic E-state index is 6.02. The summed E-state index contributed by atoms with van der Waals surface area (Å²) in [5.74, 6) is 0. The van der Waals surface area contributed by atoms with Crippen molar-refractivity contribution in [2.45, 2.75) is 71.9 Å². The van der Waals surface area contributed by atoms with Crippen LogP contribution in [0.4, 0.5) is 0 Å². The smallest absolute Gasteiger partial charge is 0.0724 e. The number of ether oxygens (including phenoxy) is 2. The van der Waals surface area contributed by atoms with Gasteiger partial charge in [0.1, 0.15) is 0 Å². The molecule has 108 valence electrons. The molecule has 0 fully saturated rings. The van der Waals surface area contributed by atoms with Crippen molar-refractivity contribution in [3.8, 4) is 0 Å². The lowest BCUT2D eigenvalue weighted by Crippen LogP contribution is -2.34. The van der Waals surface area contributed by atoms with Gasteiger partial charge in [0.05, 0.1) is 23.9 Å². The molecule has 0 heterocycles. The van der Waals surface area contributed by atoms with Crippen molar-refractivity contribution in [3.05, 3.63) is 35.9 Å². The van der Waals surface area contributed by atoms with E-state index in [0.717, 1.165) is 6.42 Å². The largest absolute Gasteiger partial charge is 0.373 e. The van der Waals surface area contributed by atoms with E-state index in [-0.39, 0.29) is 17.3 Å². The van der Waals surface area contributed by atoms with Crippen molar-refractivity contribution in [2.75, 3.05) is 0 Å². The first kappa shape index (κ1) is 16.2. The highest BCUT2D eigenvalue weighted by Gasteiger charge is 2.25. The minimum absolute atomic E-state index is 0.102. The number of hydrogen-bond acceptors (Lipinski definition) is 2. The van der Waals surface area contributed by atoms with Gasteiger partial charge in [-0.2, -0.15) is 0 Å². The van der Waals surface area contributed by atoms with Gasteiger partial charge in [0, 0.05) is 6.42 Å².